The number of carbonyl (C=O) groups is 1. The summed E-state index contributed by atoms with van der Waals surface area (Å²) in [6.07, 6.45) is 0. The van der Waals surface area contributed by atoms with Crippen molar-refractivity contribution in [1.29, 1.82) is 10.5 Å². The molecule has 0 bridgehead atoms. The quantitative estimate of drug-likeness (QED) is 0.808. The van der Waals surface area contributed by atoms with Crippen LogP contribution in [-0.4, -0.2) is 16.0 Å². The lowest BCUT2D eigenvalue weighted by molar-refractivity contribution is 0.103. The van der Waals surface area contributed by atoms with Gasteiger partial charge in [-0.3, -0.25) is 4.79 Å². The number of phenols is 2. The van der Waals surface area contributed by atoms with Crippen LogP contribution in [0.4, 0.5) is 0 Å². The molecule has 0 fully saturated rings. The normalized spacial score (nSPS) is 9.50. The Morgan fingerprint density at radius 2 is 1.25 bits per heavy atom. The number of rotatable bonds is 2. The number of nitriles is 2. The van der Waals surface area contributed by atoms with Crippen LogP contribution < -0.4 is 0 Å². The minimum Gasteiger partial charge on any atom is -0.507 e. The third-order valence-corrected chi connectivity index (χ3v) is 2.76. The molecule has 2 aromatic carbocycles. The second-order valence-corrected chi connectivity index (χ2v) is 4.02. The van der Waals surface area contributed by atoms with Gasteiger partial charge in [0.2, 0.25) is 0 Å². The van der Waals surface area contributed by atoms with Gasteiger partial charge in [-0.05, 0) is 36.4 Å². The number of benzene rings is 2. The van der Waals surface area contributed by atoms with Crippen molar-refractivity contribution < 1.29 is 15.0 Å². The highest BCUT2D eigenvalue weighted by Gasteiger charge is 2.13. The first-order valence-corrected chi connectivity index (χ1v) is 5.57. The molecule has 2 rings (SSSR count). The summed E-state index contributed by atoms with van der Waals surface area (Å²) in [5.41, 5.74) is 0.424. The molecule has 0 aromatic heterocycles. The lowest BCUT2D eigenvalue weighted by atomic mass is 9.99. The van der Waals surface area contributed by atoms with Gasteiger partial charge in [-0.2, -0.15) is 10.5 Å². The minimum atomic E-state index is -0.405. The molecule has 0 aliphatic rings. The van der Waals surface area contributed by atoms with Gasteiger partial charge in [-0.15, -0.1) is 0 Å². The Balaban J connectivity index is 2.47. The van der Waals surface area contributed by atoms with Gasteiger partial charge in [0, 0.05) is 11.1 Å². The molecule has 2 aromatic rings. The number of ketones is 1. The standard InChI is InChI=1S/C15H8N2O3/c16-7-11-5-9(1-3-13(11)18)15(20)10-2-4-14(19)12(6-10)8-17/h1-6,18-19H. The summed E-state index contributed by atoms with van der Waals surface area (Å²) in [5.74, 6) is -0.807. The Bertz CT molecular complexity index is 717. The smallest absolute Gasteiger partial charge is 0.193 e. The highest BCUT2D eigenvalue weighted by Crippen LogP contribution is 2.22. The van der Waals surface area contributed by atoms with E-state index in [1.807, 2.05) is 0 Å². The molecule has 0 radical (unpaired) electrons. The van der Waals surface area contributed by atoms with E-state index in [0.717, 1.165) is 0 Å². The van der Waals surface area contributed by atoms with Crippen LogP contribution in [0.5, 0.6) is 11.5 Å². The lowest BCUT2D eigenvalue weighted by Gasteiger charge is -2.04. The molecule has 2 N–H and O–H groups in total. The molecule has 0 spiro atoms. The number of hydrogen-bond acceptors (Lipinski definition) is 5. The van der Waals surface area contributed by atoms with Crippen molar-refractivity contribution in [3.05, 3.63) is 58.7 Å². The van der Waals surface area contributed by atoms with Crippen molar-refractivity contribution in [2.24, 2.45) is 0 Å². The van der Waals surface area contributed by atoms with Crippen molar-refractivity contribution in [3.63, 3.8) is 0 Å². The molecule has 5 heteroatoms. The van der Waals surface area contributed by atoms with E-state index in [-0.39, 0.29) is 33.8 Å². The van der Waals surface area contributed by atoms with Crippen molar-refractivity contribution in [2.75, 3.05) is 0 Å². The lowest BCUT2D eigenvalue weighted by Crippen LogP contribution is -2.02. The summed E-state index contributed by atoms with van der Waals surface area (Å²) in [7, 11) is 0. The zero-order valence-electron chi connectivity index (χ0n) is 10.2. The predicted octanol–water partition coefficient (Wildman–Crippen LogP) is 2.07. The number of aromatic hydroxyl groups is 2. The summed E-state index contributed by atoms with van der Waals surface area (Å²) >= 11 is 0. The minimum absolute atomic E-state index is 0.00450. The van der Waals surface area contributed by atoms with Gasteiger partial charge < -0.3 is 10.2 Å². The molecule has 0 aliphatic heterocycles. The van der Waals surface area contributed by atoms with Crippen LogP contribution >= 0.6 is 0 Å². The van der Waals surface area contributed by atoms with Crippen molar-refractivity contribution >= 4 is 5.78 Å². The van der Waals surface area contributed by atoms with Gasteiger partial charge in [0.1, 0.15) is 23.6 Å². The van der Waals surface area contributed by atoms with Crippen molar-refractivity contribution in [3.8, 4) is 23.6 Å². The van der Waals surface area contributed by atoms with E-state index in [1.165, 1.54) is 36.4 Å². The summed E-state index contributed by atoms with van der Waals surface area (Å²) in [6.45, 7) is 0. The summed E-state index contributed by atoms with van der Waals surface area (Å²) < 4.78 is 0. The molecule has 0 unspecified atom stereocenters. The number of carbonyl (C=O) groups excluding carboxylic acids is 1. The second-order valence-electron chi connectivity index (χ2n) is 4.02. The second kappa shape index (κ2) is 5.13. The fraction of sp³-hybridized carbons (Fsp3) is 0. The summed E-state index contributed by atoms with van der Waals surface area (Å²) in [5, 5.41) is 36.4. The summed E-state index contributed by atoms with van der Waals surface area (Å²) in [6, 6.07) is 11.4. The van der Waals surface area contributed by atoms with Crippen LogP contribution in [0.2, 0.25) is 0 Å². The fourth-order valence-electron chi connectivity index (χ4n) is 1.70. The number of phenolic OH excluding ortho intramolecular Hbond substituents is 2. The van der Waals surface area contributed by atoms with Crippen LogP contribution in [0.1, 0.15) is 27.0 Å². The van der Waals surface area contributed by atoms with Crippen molar-refractivity contribution in [1.82, 2.24) is 0 Å². The molecule has 0 heterocycles. The van der Waals surface area contributed by atoms with Gasteiger partial charge >= 0.3 is 0 Å². The third kappa shape index (κ3) is 2.29. The molecule has 96 valence electrons. The molecule has 0 saturated heterocycles. The predicted molar refractivity (Wildman–Crippen MR) is 69.1 cm³/mol. The summed E-state index contributed by atoms with van der Waals surface area (Å²) in [4.78, 5) is 12.2. The van der Waals surface area contributed by atoms with E-state index in [1.54, 1.807) is 12.1 Å². The maximum atomic E-state index is 12.2. The Labute approximate surface area is 114 Å². The van der Waals surface area contributed by atoms with E-state index in [9.17, 15) is 15.0 Å². The third-order valence-electron chi connectivity index (χ3n) is 2.76. The zero-order valence-corrected chi connectivity index (χ0v) is 10.2. The molecular weight excluding hydrogens is 256 g/mol. The molecule has 20 heavy (non-hydrogen) atoms. The van der Waals surface area contributed by atoms with Crippen LogP contribution in [0.3, 0.4) is 0 Å². The fourth-order valence-corrected chi connectivity index (χ4v) is 1.70. The first-order valence-electron chi connectivity index (χ1n) is 5.57. The Morgan fingerprint density at radius 3 is 1.60 bits per heavy atom. The van der Waals surface area contributed by atoms with Gasteiger partial charge in [0.05, 0.1) is 11.1 Å². The van der Waals surface area contributed by atoms with Crippen molar-refractivity contribution in [2.45, 2.75) is 0 Å². The Hall–Kier alpha value is -3.31. The van der Waals surface area contributed by atoms with E-state index in [2.05, 4.69) is 0 Å². The zero-order chi connectivity index (χ0) is 14.7. The molecule has 5 nitrogen and oxygen atoms in total. The molecular formula is C15H8N2O3. The highest BCUT2D eigenvalue weighted by molar-refractivity contribution is 6.09. The van der Waals surface area contributed by atoms with E-state index < -0.39 is 5.78 Å². The highest BCUT2D eigenvalue weighted by atomic mass is 16.3. The molecule has 0 amide bonds. The number of nitrogens with zero attached hydrogens (tertiary/aromatic N) is 2. The van der Waals surface area contributed by atoms with E-state index in [0.29, 0.717) is 0 Å². The van der Waals surface area contributed by atoms with Crippen LogP contribution in [0.25, 0.3) is 0 Å². The average Bonchev–Trinajstić information content (AvgIpc) is 2.47. The van der Waals surface area contributed by atoms with E-state index in [4.69, 9.17) is 10.5 Å². The molecule has 0 atom stereocenters. The Kier molecular flexibility index (Phi) is 3.37. The van der Waals surface area contributed by atoms with E-state index >= 15 is 0 Å². The maximum absolute atomic E-state index is 12.2. The van der Waals surface area contributed by atoms with Crippen LogP contribution in [0.15, 0.2) is 36.4 Å². The maximum Gasteiger partial charge on any atom is 0.193 e. The van der Waals surface area contributed by atoms with Crippen LogP contribution in [0, 0.1) is 22.7 Å². The molecule has 0 saturated carbocycles. The SMILES string of the molecule is N#Cc1cc(C(=O)c2ccc(O)c(C#N)c2)ccc1O. The van der Waals surface area contributed by atoms with Gasteiger partial charge in [0.15, 0.2) is 5.78 Å². The Morgan fingerprint density at radius 1 is 0.850 bits per heavy atom. The first kappa shape index (κ1) is 13.1. The average molecular weight is 264 g/mol. The largest absolute Gasteiger partial charge is 0.507 e. The van der Waals surface area contributed by atoms with Gasteiger partial charge in [-0.1, -0.05) is 0 Å². The monoisotopic (exact) mass is 264 g/mol. The van der Waals surface area contributed by atoms with Gasteiger partial charge in [-0.25, -0.2) is 0 Å². The van der Waals surface area contributed by atoms with Gasteiger partial charge in [0.25, 0.3) is 0 Å². The van der Waals surface area contributed by atoms with Crippen LogP contribution in [-0.2, 0) is 0 Å². The topological polar surface area (TPSA) is 105 Å². The number of hydrogen-bond donors (Lipinski definition) is 2. The molecule has 0 aliphatic carbocycles. The first-order chi connectivity index (χ1) is 9.56.